The van der Waals surface area contributed by atoms with Crippen molar-refractivity contribution in [1.82, 2.24) is 4.90 Å². The first kappa shape index (κ1) is 7.28. The maximum Gasteiger partial charge on any atom is 0.410 e. The SMILES string of the molecule is O=C1OCC2CC(S)CCN12. The van der Waals surface area contributed by atoms with E-state index in [0.29, 0.717) is 17.9 Å². The third kappa shape index (κ3) is 1.20. The number of carbonyl (C=O) groups excluding carboxylic acids is 1. The second-order valence-electron chi connectivity index (χ2n) is 3.10. The van der Waals surface area contributed by atoms with Crippen LogP contribution in [0.2, 0.25) is 0 Å². The van der Waals surface area contributed by atoms with Crippen molar-refractivity contribution in [3.63, 3.8) is 0 Å². The van der Waals surface area contributed by atoms with Crippen LogP contribution in [0.5, 0.6) is 0 Å². The lowest BCUT2D eigenvalue weighted by Crippen LogP contribution is -2.41. The fourth-order valence-electron chi connectivity index (χ4n) is 1.68. The highest BCUT2D eigenvalue weighted by Gasteiger charge is 2.36. The summed E-state index contributed by atoms with van der Waals surface area (Å²) in [6.07, 6.45) is 1.83. The number of hydrogen-bond acceptors (Lipinski definition) is 3. The first-order valence-corrected chi connectivity index (χ1v) is 4.40. The molecule has 0 radical (unpaired) electrons. The number of thiol groups is 1. The lowest BCUT2D eigenvalue weighted by atomic mass is 10.0. The lowest BCUT2D eigenvalue weighted by Gasteiger charge is -2.29. The van der Waals surface area contributed by atoms with Crippen LogP contribution in [-0.4, -0.2) is 35.4 Å². The van der Waals surface area contributed by atoms with E-state index in [-0.39, 0.29) is 6.09 Å². The van der Waals surface area contributed by atoms with Crippen LogP contribution in [0.25, 0.3) is 0 Å². The summed E-state index contributed by atoms with van der Waals surface area (Å²) in [5.41, 5.74) is 0. The van der Waals surface area contributed by atoms with Crippen molar-refractivity contribution in [2.75, 3.05) is 13.2 Å². The number of hydrogen-bond donors (Lipinski definition) is 1. The minimum atomic E-state index is -0.143. The molecule has 0 aromatic carbocycles. The van der Waals surface area contributed by atoms with E-state index in [4.69, 9.17) is 4.74 Å². The number of carbonyl (C=O) groups is 1. The van der Waals surface area contributed by atoms with Crippen molar-refractivity contribution in [3.05, 3.63) is 0 Å². The third-order valence-corrected chi connectivity index (χ3v) is 2.79. The summed E-state index contributed by atoms with van der Waals surface area (Å²) in [5, 5.41) is 0.450. The summed E-state index contributed by atoms with van der Waals surface area (Å²) in [6.45, 7) is 1.38. The summed E-state index contributed by atoms with van der Waals surface area (Å²) >= 11 is 4.38. The van der Waals surface area contributed by atoms with Crippen LogP contribution in [0.4, 0.5) is 4.79 Å². The van der Waals surface area contributed by atoms with E-state index in [1.807, 2.05) is 4.90 Å². The topological polar surface area (TPSA) is 29.5 Å². The standard InChI is InChI=1S/C7H11NO2S/c9-7-8-2-1-6(11)3-5(8)4-10-7/h5-6,11H,1-4H2. The smallest absolute Gasteiger partial charge is 0.410 e. The summed E-state index contributed by atoms with van der Waals surface area (Å²) in [4.78, 5) is 12.8. The van der Waals surface area contributed by atoms with Gasteiger partial charge in [0, 0.05) is 11.8 Å². The number of cyclic esters (lactones) is 1. The Labute approximate surface area is 71.1 Å². The Morgan fingerprint density at radius 2 is 2.45 bits per heavy atom. The van der Waals surface area contributed by atoms with Crippen molar-refractivity contribution in [3.8, 4) is 0 Å². The van der Waals surface area contributed by atoms with E-state index < -0.39 is 0 Å². The van der Waals surface area contributed by atoms with E-state index in [1.165, 1.54) is 0 Å². The largest absolute Gasteiger partial charge is 0.447 e. The first-order chi connectivity index (χ1) is 5.27. The molecule has 2 fully saturated rings. The molecule has 3 nitrogen and oxygen atoms in total. The van der Waals surface area contributed by atoms with Gasteiger partial charge in [0.15, 0.2) is 0 Å². The highest BCUT2D eigenvalue weighted by molar-refractivity contribution is 7.80. The van der Waals surface area contributed by atoms with Gasteiger partial charge in [0.1, 0.15) is 6.61 Å². The zero-order valence-corrected chi connectivity index (χ0v) is 7.09. The van der Waals surface area contributed by atoms with Gasteiger partial charge < -0.3 is 9.64 Å². The first-order valence-electron chi connectivity index (χ1n) is 3.89. The number of nitrogens with zero attached hydrogens (tertiary/aromatic N) is 1. The second-order valence-corrected chi connectivity index (χ2v) is 3.83. The molecule has 2 rings (SSSR count). The Morgan fingerprint density at radius 1 is 1.64 bits per heavy atom. The van der Waals surface area contributed by atoms with Crippen LogP contribution in [0.3, 0.4) is 0 Å². The van der Waals surface area contributed by atoms with Crippen LogP contribution in [0.15, 0.2) is 0 Å². The molecule has 2 aliphatic rings. The van der Waals surface area contributed by atoms with Gasteiger partial charge >= 0.3 is 6.09 Å². The molecule has 11 heavy (non-hydrogen) atoms. The summed E-state index contributed by atoms with van der Waals surface area (Å²) in [5.74, 6) is 0. The van der Waals surface area contributed by atoms with Crippen LogP contribution in [0, 0.1) is 0 Å². The minimum Gasteiger partial charge on any atom is -0.447 e. The molecule has 0 spiro atoms. The Kier molecular flexibility index (Phi) is 1.71. The molecule has 2 saturated heterocycles. The van der Waals surface area contributed by atoms with Gasteiger partial charge in [0.25, 0.3) is 0 Å². The molecular formula is C7H11NO2S. The summed E-state index contributed by atoms with van der Waals surface area (Å²) in [6, 6.07) is 0.304. The number of piperidine rings is 1. The van der Waals surface area contributed by atoms with Gasteiger partial charge in [0.2, 0.25) is 0 Å². The van der Waals surface area contributed by atoms with Crippen molar-refractivity contribution >= 4 is 18.7 Å². The Balaban J connectivity index is 2.06. The van der Waals surface area contributed by atoms with Crippen LogP contribution in [-0.2, 0) is 4.74 Å². The van der Waals surface area contributed by atoms with Gasteiger partial charge in [-0.3, -0.25) is 0 Å². The normalized spacial score (nSPS) is 36.8. The quantitative estimate of drug-likeness (QED) is 0.551. The van der Waals surface area contributed by atoms with Crippen LogP contribution >= 0.6 is 12.6 Å². The van der Waals surface area contributed by atoms with Crippen molar-refractivity contribution in [2.45, 2.75) is 24.1 Å². The van der Waals surface area contributed by atoms with E-state index in [2.05, 4.69) is 12.6 Å². The predicted molar refractivity (Wildman–Crippen MR) is 43.9 cm³/mol. The number of amides is 1. The zero-order valence-electron chi connectivity index (χ0n) is 6.19. The second kappa shape index (κ2) is 2.59. The molecule has 1 amide bonds. The molecule has 4 heteroatoms. The number of fused-ring (bicyclic) bond motifs is 1. The summed E-state index contributed by atoms with van der Waals surface area (Å²) in [7, 11) is 0. The van der Waals surface area contributed by atoms with Gasteiger partial charge in [-0.2, -0.15) is 12.6 Å². The Hall–Kier alpha value is -0.380. The monoisotopic (exact) mass is 173 g/mol. The Bertz CT molecular complexity index is 185. The molecule has 0 aliphatic carbocycles. The average Bonchev–Trinajstić information content (AvgIpc) is 2.32. The predicted octanol–water partition coefficient (Wildman–Crippen LogP) is 0.899. The third-order valence-electron chi connectivity index (χ3n) is 2.32. The number of rotatable bonds is 0. The molecule has 0 bridgehead atoms. The van der Waals surface area contributed by atoms with Gasteiger partial charge in [-0.15, -0.1) is 0 Å². The van der Waals surface area contributed by atoms with Crippen LogP contribution in [0.1, 0.15) is 12.8 Å². The molecule has 0 aromatic rings. The molecule has 2 heterocycles. The maximum absolute atomic E-state index is 11.0. The van der Waals surface area contributed by atoms with E-state index in [0.717, 1.165) is 19.4 Å². The zero-order chi connectivity index (χ0) is 7.84. The van der Waals surface area contributed by atoms with Gasteiger partial charge in [0.05, 0.1) is 6.04 Å². The van der Waals surface area contributed by atoms with E-state index >= 15 is 0 Å². The molecule has 62 valence electrons. The summed E-state index contributed by atoms with van der Waals surface area (Å²) < 4.78 is 4.90. The fraction of sp³-hybridized carbons (Fsp3) is 0.857. The highest BCUT2D eigenvalue weighted by atomic mass is 32.1. The van der Waals surface area contributed by atoms with Gasteiger partial charge in [-0.1, -0.05) is 0 Å². The maximum atomic E-state index is 11.0. The van der Waals surface area contributed by atoms with Crippen molar-refractivity contribution in [1.29, 1.82) is 0 Å². The minimum absolute atomic E-state index is 0.143. The van der Waals surface area contributed by atoms with Gasteiger partial charge in [-0.25, -0.2) is 4.79 Å². The fourth-order valence-corrected chi connectivity index (χ4v) is 2.04. The molecule has 2 aliphatic heterocycles. The molecule has 0 aromatic heterocycles. The van der Waals surface area contributed by atoms with E-state index in [9.17, 15) is 4.79 Å². The molecule has 2 atom stereocenters. The number of ether oxygens (including phenoxy) is 1. The molecule has 0 N–H and O–H groups in total. The van der Waals surface area contributed by atoms with E-state index in [1.54, 1.807) is 0 Å². The van der Waals surface area contributed by atoms with Gasteiger partial charge in [-0.05, 0) is 12.8 Å². The molecule has 0 saturated carbocycles. The molecule has 2 unspecified atom stereocenters. The highest BCUT2D eigenvalue weighted by Crippen LogP contribution is 2.25. The average molecular weight is 173 g/mol. The van der Waals surface area contributed by atoms with Crippen molar-refractivity contribution < 1.29 is 9.53 Å². The molecular weight excluding hydrogens is 162 g/mol. The van der Waals surface area contributed by atoms with Crippen LogP contribution < -0.4 is 0 Å². The Morgan fingerprint density at radius 3 is 3.27 bits per heavy atom. The lowest BCUT2D eigenvalue weighted by molar-refractivity contribution is 0.154. The van der Waals surface area contributed by atoms with Crippen molar-refractivity contribution in [2.24, 2.45) is 0 Å².